The average molecular weight is 374 g/mol. The maximum Gasteiger partial charge on any atom is 0.248 e. The molecule has 2 aromatic rings. The fraction of sp³-hybridized carbons (Fsp3) is 0.211. The van der Waals surface area contributed by atoms with Crippen molar-refractivity contribution in [3.63, 3.8) is 0 Å². The first-order valence-corrected chi connectivity index (χ1v) is 8.25. The van der Waals surface area contributed by atoms with E-state index in [2.05, 4.69) is 21.2 Å². The van der Waals surface area contributed by atoms with Gasteiger partial charge in [-0.05, 0) is 62.2 Å². The highest BCUT2D eigenvalue weighted by Crippen LogP contribution is 2.21. The summed E-state index contributed by atoms with van der Waals surface area (Å²) in [6, 6.07) is 13.4. The van der Waals surface area contributed by atoms with Crippen molar-refractivity contribution in [2.45, 2.75) is 26.9 Å². The maximum atomic E-state index is 12.0. The summed E-state index contributed by atoms with van der Waals surface area (Å²) in [6.45, 7) is 5.97. The van der Waals surface area contributed by atoms with Gasteiger partial charge in [-0.2, -0.15) is 0 Å². The van der Waals surface area contributed by atoms with Crippen molar-refractivity contribution in [1.82, 2.24) is 0 Å². The van der Waals surface area contributed by atoms with E-state index in [4.69, 9.17) is 4.74 Å². The number of hydrogen-bond acceptors (Lipinski definition) is 2. The summed E-state index contributed by atoms with van der Waals surface area (Å²) in [5.74, 6) is 0.626. The van der Waals surface area contributed by atoms with Crippen LogP contribution in [0.1, 0.15) is 25.0 Å². The number of amides is 1. The van der Waals surface area contributed by atoms with Gasteiger partial charge in [-0.25, -0.2) is 0 Å². The van der Waals surface area contributed by atoms with Crippen LogP contribution in [0.15, 0.2) is 53.0 Å². The Hall–Kier alpha value is -2.07. The highest BCUT2D eigenvalue weighted by molar-refractivity contribution is 9.10. The van der Waals surface area contributed by atoms with Crippen LogP contribution in [0.3, 0.4) is 0 Å². The van der Waals surface area contributed by atoms with E-state index in [1.54, 1.807) is 6.08 Å². The molecule has 1 N–H and O–H groups in total. The first-order valence-electron chi connectivity index (χ1n) is 7.46. The molecular weight excluding hydrogens is 354 g/mol. The van der Waals surface area contributed by atoms with Gasteiger partial charge >= 0.3 is 0 Å². The topological polar surface area (TPSA) is 38.3 Å². The molecule has 0 radical (unpaired) electrons. The van der Waals surface area contributed by atoms with Crippen LogP contribution in [-0.4, -0.2) is 12.0 Å². The minimum atomic E-state index is -0.170. The lowest BCUT2D eigenvalue weighted by Gasteiger charge is -2.09. The number of nitrogens with one attached hydrogen (secondary N) is 1. The molecule has 0 spiro atoms. The van der Waals surface area contributed by atoms with E-state index in [-0.39, 0.29) is 12.0 Å². The lowest BCUT2D eigenvalue weighted by atomic mass is 10.2. The zero-order valence-corrected chi connectivity index (χ0v) is 15.1. The third-order valence-electron chi connectivity index (χ3n) is 3.10. The average Bonchev–Trinajstić information content (AvgIpc) is 2.49. The molecule has 0 aliphatic heterocycles. The van der Waals surface area contributed by atoms with Crippen molar-refractivity contribution in [3.8, 4) is 5.75 Å². The quantitative estimate of drug-likeness (QED) is 0.731. The van der Waals surface area contributed by atoms with Gasteiger partial charge in [-0.1, -0.05) is 34.1 Å². The second-order valence-electron chi connectivity index (χ2n) is 5.53. The summed E-state index contributed by atoms with van der Waals surface area (Å²) in [5, 5.41) is 2.84. The number of benzene rings is 2. The fourth-order valence-corrected chi connectivity index (χ4v) is 2.37. The summed E-state index contributed by atoms with van der Waals surface area (Å²) in [4.78, 5) is 12.0. The maximum absolute atomic E-state index is 12.0. The Bertz CT molecular complexity index is 723. The van der Waals surface area contributed by atoms with Crippen molar-refractivity contribution >= 4 is 33.6 Å². The molecule has 0 unspecified atom stereocenters. The molecule has 0 atom stereocenters. The van der Waals surface area contributed by atoms with Gasteiger partial charge in [0.25, 0.3) is 0 Å². The number of hydrogen-bond donors (Lipinski definition) is 1. The zero-order chi connectivity index (χ0) is 16.8. The molecule has 0 aliphatic carbocycles. The highest BCUT2D eigenvalue weighted by Gasteiger charge is 2.01. The van der Waals surface area contributed by atoms with Gasteiger partial charge in [0, 0.05) is 16.2 Å². The van der Waals surface area contributed by atoms with Gasteiger partial charge in [0.15, 0.2) is 0 Å². The van der Waals surface area contributed by atoms with E-state index in [0.717, 1.165) is 27.0 Å². The van der Waals surface area contributed by atoms with E-state index in [1.807, 2.05) is 63.2 Å². The lowest BCUT2D eigenvalue weighted by Crippen LogP contribution is -2.07. The summed E-state index contributed by atoms with van der Waals surface area (Å²) >= 11 is 3.46. The molecule has 3 nitrogen and oxygen atoms in total. The fourth-order valence-electron chi connectivity index (χ4n) is 1.99. The molecule has 4 heteroatoms. The number of ether oxygens (including phenoxy) is 1. The summed E-state index contributed by atoms with van der Waals surface area (Å²) in [6.07, 6.45) is 3.41. The molecule has 0 aliphatic rings. The Morgan fingerprint density at radius 1 is 1.22 bits per heavy atom. The Kier molecular flexibility index (Phi) is 5.99. The number of carbonyl (C=O) groups is 1. The van der Waals surface area contributed by atoms with Gasteiger partial charge in [0.05, 0.1) is 6.10 Å². The zero-order valence-electron chi connectivity index (χ0n) is 13.5. The van der Waals surface area contributed by atoms with E-state index >= 15 is 0 Å². The highest BCUT2D eigenvalue weighted by atomic mass is 79.9. The van der Waals surface area contributed by atoms with Crippen molar-refractivity contribution in [3.05, 3.63) is 64.1 Å². The van der Waals surface area contributed by atoms with E-state index in [1.165, 1.54) is 6.08 Å². The first-order chi connectivity index (χ1) is 10.9. The van der Waals surface area contributed by atoms with Gasteiger partial charge in [0.1, 0.15) is 5.75 Å². The largest absolute Gasteiger partial charge is 0.491 e. The van der Waals surface area contributed by atoms with Crippen LogP contribution in [-0.2, 0) is 4.79 Å². The number of aryl methyl sites for hydroxylation is 1. The minimum Gasteiger partial charge on any atom is -0.491 e. The molecule has 2 rings (SSSR count). The molecule has 0 saturated carbocycles. The van der Waals surface area contributed by atoms with Crippen LogP contribution < -0.4 is 10.1 Å². The molecule has 0 fully saturated rings. The van der Waals surface area contributed by atoms with E-state index in [9.17, 15) is 4.79 Å². The van der Waals surface area contributed by atoms with Gasteiger partial charge < -0.3 is 10.1 Å². The van der Waals surface area contributed by atoms with Crippen molar-refractivity contribution in [2.75, 3.05) is 5.32 Å². The van der Waals surface area contributed by atoms with Crippen LogP contribution in [0.25, 0.3) is 6.08 Å². The molecule has 23 heavy (non-hydrogen) atoms. The molecule has 0 saturated heterocycles. The van der Waals surface area contributed by atoms with Crippen LogP contribution in [0, 0.1) is 6.92 Å². The minimum absolute atomic E-state index is 0.123. The normalized spacial score (nSPS) is 11.0. The Morgan fingerprint density at radius 2 is 2.00 bits per heavy atom. The monoisotopic (exact) mass is 373 g/mol. The SMILES string of the molecule is Cc1ccc(NC(=O)/C=C/c2cccc(OC(C)C)c2)cc1Br. The van der Waals surface area contributed by atoms with Crippen molar-refractivity contribution in [2.24, 2.45) is 0 Å². The molecule has 0 bridgehead atoms. The van der Waals surface area contributed by atoms with Crippen molar-refractivity contribution in [1.29, 1.82) is 0 Å². The van der Waals surface area contributed by atoms with Crippen molar-refractivity contribution < 1.29 is 9.53 Å². The van der Waals surface area contributed by atoms with Crippen LogP contribution in [0.4, 0.5) is 5.69 Å². The Balaban J connectivity index is 2.01. The lowest BCUT2D eigenvalue weighted by molar-refractivity contribution is -0.111. The van der Waals surface area contributed by atoms with Gasteiger partial charge in [-0.3, -0.25) is 4.79 Å². The Morgan fingerprint density at radius 3 is 2.70 bits per heavy atom. The predicted molar refractivity (Wildman–Crippen MR) is 98.7 cm³/mol. The number of rotatable bonds is 5. The number of carbonyl (C=O) groups excluding carboxylic acids is 1. The molecule has 120 valence electrons. The first kappa shape index (κ1) is 17.3. The second kappa shape index (κ2) is 7.97. The molecule has 1 amide bonds. The summed E-state index contributed by atoms with van der Waals surface area (Å²) in [7, 11) is 0. The van der Waals surface area contributed by atoms with Gasteiger partial charge in [0.2, 0.25) is 5.91 Å². The van der Waals surface area contributed by atoms with Crippen LogP contribution >= 0.6 is 15.9 Å². The molecule has 0 aromatic heterocycles. The van der Waals surface area contributed by atoms with E-state index in [0.29, 0.717) is 0 Å². The molecule has 0 heterocycles. The standard InChI is InChI=1S/C19H20BrNO2/c1-13(2)23-17-6-4-5-15(11-17)8-10-19(22)21-16-9-7-14(3)18(20)12-16/h4-13H,1-3H3,(H,21,22)/b10-8+. The number of halogens is 1. The third kappa shape index (κ3) is 5.57. The Labute approximate surface area is 145 Å². The second-order valence-corrected chi connectivity index (χ2v) is 6.38. The third-order valence-corrected chi connectivity index (χ3v) is 3.95. The molecular formula is C19H20BrNO2. The smallest absolute Gasteiger partial charge is 0.248 e. The predicted octanol–water partition coefficient (Wildman–Crippen LogP) is 5.20. The summed E-state index contributed by atoms with van der Waals surface area (Å²) < 4.78 is 6.61. The van der Waals surface area contributed by atoms with E-state index < -0.39 is 0 Å². The number of anilines is 1. The van der Waals surface area contributed by atoms with Crippen LogP contribution in [0.5, 0.6) is 5.75 Å². The molecule has 2 aromatic carbocycles. The van der Waals surface area contributed by atoms with Gasteiger partial charge in [-0.15, -0.1) is 0 Å². The van der Waals surface area contributed by atoms with Crippen LogP contribution in [0.2, 0.25) is 0 Å². The summed E-state index contributed by atoms with van der Waals surface area (Å²) in [5.41, 5.74) is 2.80.